The van der Waals surface area contributed by atoms with Crippen molar-refractivity contribution < 1.29 is 15.2 Å². The van der Waals surface area contributed by atoms with Crippen LogP contribution in [0.25, 0.3) is 0 Å². The molecule has 1 aromatic rings. The highest BCUT2D eigenvalue weighted by Gasteiger charge is 2.16. The Morgan fingerprint density at radius 1 is 1.86 bits per heavy atom. The van der Waals surface area contributed by atoms with Gasteiger partial charge < -0.3 is 19.8 Å². The summed E-state index contributed by atoms with van der Waals surface area (Å²) < 4.78 is 1.77. The summed E-state index contributed by atoms with van der Waals surface area (Å²) in [6, 6.07) is -0.587. The number of nitrogens with two attached hydrogens (primary N) is 1. The van der Waals surface area contributed by atoms with Crippen molar-refractivity contribution in [3.05, 3.63) is 12.0 Å². The lowest BCUT2D eigenvalue weighted by Gasteiger charge is -2.14. The van der Waals surface area contributed by atoms with Crippen molar-refractivity contribution in [2.24, 2.45) is 7.05 Å². The number of hydrogen-bond donors (Lipinski definition) is 2. The van der Waals surface area contributed by atoms with E-state index in [0.717, 1.165) is 5.69 Å². The Balaban J connectivity index is 2.81. The molecule has 0 aliphatic heterocycles. The lowest BCUT2D eigenvalue weighted by molar-refractivity contribution is -0.657. The Labute approximate surface area is 87.6 Å². The van der Waals surface area contributed by atoms with Crippen molar-refractivity contribution in [3.63, 3.8) is 0 Å². The van der Waals surface area contributed by atoms with Crippen LogP contribution >= 0.6 is 12.6 Å². The number of thiol groups is 1. The van der Waals surface area contributed by atoms with Crippen molar-refractivity contribution in [1.29, 1.82) is 0 Å². The van der Waals surface area contributed by atoms with E-state index in [4.69, 9.17) is 0 Å². The van der Waals surface area contributed by atoms with Gasteiger partial charge in [-0.1, -0.05) is 0 Å². The van der Waals surface area contributed by atoms with Crippen molar-refractivity contribution in [1.82, 2.24) is 9.55 Å². The molecule has 0 aromatic carbocycles. The summed E-state index contributed by atoms with van der Waals surface area (Å²) in [6.45, 7) is 0. The number of carbonyl (C=O) groups excluding carboxylic acids is 1. The summed E-state index contributed by atoms with van der Waals surface area (Å²) in [5.41, 5.74) is 0.806. The van der Waals surface area contributed by atoms with Crippen LogP contribution in [0, 0.1) is 0 Å². The van der Waals surface area contributed by atoms with Crippen LogP contribution in [0.5, 0.6) is 0 Å². The average Bonchev–Trinajstić information content (AvgIpc) is 2.43. The van der Waals surface area contributed by atoms with Crippen LogP contribution in [0.2, 0.25) is 0 Å². The first kappa shape index (κ1) is 11.1. The van der Waals surface area contributed by atoms with Gasteiger partial charge in [0.15, 0.2) is 0 Å². The molecule has 0 spiro atoms. The molecule has 1 atom stereocenters. The van der Waals surface area contributed by atoms with Crippen molar-refractivity contribution >= 4 is 18.6 Å². The van der Waals surface area contributed by atoms with E-state index in [2.05, 4.69) is 17.6 Å². The summed E-state index contributed by atoms with van der Waals surface area (Å²) in [5, 5.41) is 12.9. The van der Waals surface area contributed by atoms with E-state index in [1.54, 1.807) is 23.3 Å². The fourth-order valence-corrected chi connectivity index (χ4v) is 1.52. The Kier molecular flexibility index (Phi) is 3.54. The van der Waals surface area contributed by atoms with Gasteiger partial charge in [-0.15, -0.1) is 12.6 Å². The van der Waals surface area contributed by atoms with Crippen LogP contribution in [0.1, 0.15) is 5.69 Å². The van der Waals surface area contributed by atoms with Crippen molar-refractivity contribution in [2.45, 2.75) is 17.5 Å². The maximum Gasteiger partial charge on any atom is 0.131 e. The van der Waals surface area contributed by atoms with Gasteiger partial charge in [-0.25, -0.2) is 4.98 Å². The maximum atomic E-state index is 10.7. The summed E-state index contributed by atoms with van der Waals surface area (Å²) in [7, 11) is 3.51. The molecule has 0 saturated heterocycles. The zero-order valence-corrected chi connectivity index (χ0v) is 8.99. The molecule has 5 nitrogen and oxygen atoms in total. The van der Waals surface area contributed by atoms with Gasteiger partial charge in [-0.05, 0) is 0 Å². The van der Waals surface area contributed by atoms with Crippen LogP contribution in [0.4, 0.5) is 0 Å². The fourth-order valence-electron chi connectivity index (χ4n) is 1.22. The molecule has 0 saturated carbocycles. The Hall–Kier alpha value is -1.01. The van der Waals surface area contributed by atoms with E-state index in [-0.39, 0.29) is 0 Å². The lowest BCUT2D eigenvalue weighted by Crippen LogP contribution is -2.90. The SMILES string of the molecule is C[NH2+]C(Cc1c(S)ncn1C)C(=O)[O-]. The van der Waals surface area contributed by atoms with Crippen molar-refractivity contribution in [3.8, 4) is 0 Å². The predicted octanol–water partition coefficient (Wildman–Crippen LogP) is -2.44. The quantitative estimate of drug-likeness (QED) is 0.548. The van der Waals surface area contributed by atoms with E-state index in [1.165, 1.54) is 0 Å². The maximum absolute atomic E-state index is 10.7. The summed E-state index contributed by atoms with van der Waals surface area (Å²) >= 11 is 4.14. The second-order valence-corrected chi connectivity index (χ2v) is 3.51. The van der Waals surface area contributed by atoms with Gasteiger partial charge in [0, 0.05) is 13.5 Å². The molecular weight excluding hydrogens is 202 g/mol. The molecule has 0 aliphatic rings. The molecule has 1 aromatic heterocycles. The van der Waals surface area contributed by atoms with Gasteiger partial charge in [0.25, 0.3) is 0 Å². The molecule has 14 heavy (non-hydrogen) atoms. The van der Waals surface area contributed by atoms with Crippen LogP contribution in [-0.4, -0.2) is 28.6 Å². The third-order valence-electron chi connectivity index (χ3n) is 2.16. The van der Waals surface area contributed by atoms with Crippen LogP contribution < -0.4 is 10.4 Å². The molecule has 0 bridgehead atoms. The Bertz CT molecular complexity index is 318. The molecule has 1 rings (SSSR count). The summed E-state index contributed by atoms with van der Waals surface area (Å²) in [5.74, 6) is -1.07. The topological polar surface area (TPSA) is 74.6 Å². The highest BCUT2D eigenvalue weighted by atomic mass is 32.1. The standard InChI is InChI=1S/C8H13N3O2S/c1-9-5(8(12)13)3-6-7(14)10-4-11(6)2/h4-5,9,14H,3H2,1-2H3,(H,12,13). The highest BCUT2D eigenvalue weighted by molar-refractivity contribution is 7.80. The second-order valence-electron chi connectivity index (χ2n) is 3.09. The predicted molar refractivity (Wildman–Crippen MR) is 50.8 cm³/mol. The molecule has 2 N–H and O–H groups in total. The average molecular weight is 215 g/mol. The number of carboxylic acid groups (broad SMARTS) is 1. The minimum Gasteiger partial charge on any atom is -0.544 e. The number of hydrogen-bond acceptors (Lipinski definition) is 4. The van der Waals surface area contributed by atoms with Gasteiger partial charge >= 0.3 is 0 Å². The van der Waals surface area contributed by atoms with E-state index in [9.17, 15) is 9.90 Å². The largest absolute Gasteiger partial charge is 0.544 e. The number of rotatable bonds is 4. The molecule has 0 aliphatic carbocycles. The molecule has 6 heteroatoms. The minimum absolute atomic E-state index is 0.369. The summed E-state index contributed by atoms with van der Waals surface area (Å²) in [4.78, 5) is 14.6. The third-order valence-corrected chi connectivity index (χ3v) is 2.53. The normalized spacial score (nSPS) is 12.8. The number of quaternary nitrogens is 1. The third kappa shape index (κ3) is 2.27. The molecule has 0 amide bonds. The molecule has 1 heterocycles. The minimum atomic E-state index is -1.07. The number of carbonyl (C=O) groups is 1. The number of aliphatic carboxylic acids is 1. The molecule has 78 valence electrons. The smallest absolute Gasteiger partial charge is 0.131 e. The van der Waals surface area contributed by atoms with Gasteiger partial charge in [0.2, 0.25) is 0 Å². The van der Waals surface area contributed by atoms with Crippen molar-refractivity contribution in [2.75, 3.05) is 7.05 Å². The first-order chi connectivity index (χ1) is 6.56. The van der Waals surface area contributed by atoms with E-state index >= 15 is 0 Å². The van der Waals surface area contributed by atoms with Crippen LogP contribution in [-0.2, 0) is 18.3 Å². The first-order valence-electron chi connectivity index (χ1n) is 4.25. The van der Waals surface area contributed by atoms with Crippen LogP contribution in [0.3, 0.4) is 0 Å². The number of carboxylic acids is 1. The number of likely N-dealkylation sites (N-methyl/N-ethyl adjacent to an activating group) is 1. The lowest BCUT2D eigenvalue weighted by atomic mass is 10.1. The monoisotopic (exact) mass is 215 g/mol. The number of imidazole rings is 1. The van der Waals surface area contributed by atoms with Gasteiger partial charge in [0.05, 0.1) is 25.0 Å². The Morgan fingerprint density at radius 2 is 2.50 bits per heavy atom. The molecule has 1 unspecified atom stereocenters. The molecule has 0 radical (unpaired) electrons. The fraction of sp³-hybridized carbons (Fsp3) is 0.500. The van der Waals surface area contributed by atoms with Gasteiger partial charge in [0.1, 0.15) is 11.1 Å². The number of nitrogens with zero attached hydrogens (tertiary/aromatic N) is 2. The highest BCUT2D eigenvalue weighted by Crippen LogP contribution is 2.11. The van der Waals surface area contributed by atoms with E-state index in [1.807, 2.05) is 7.05 Å². The molecular formula is C8H13N3O2S. The van der Waals surface area contributed by atoms with Crippen LogP contribution in [0.15, 0.2) is 11.4 Å². The molecule has 0 fully saturated rings. The number of aryl methyl sites for hydroxylation is 1. The Morgan fingerprint density at radius 3 is 2.86 bits per heavy atom. The second kappa shape index (κ2) is 4.47. The zero-order chi connectivity index (χ0) is 10.7. The van der Waals surface area contributed by atoms with Gasteiger partial charge in [-0.3, -0.25) is 0 Å². The first-order valence-corrected chi connectivity index (χ1v) is 4.70. The van der Waals surface area contributed by atoms with E-state index < -0.39 is 12.0 Å². The van der Waals surface area contributed by atoms with E-state index in [0.29, 0.717) is 11.4 Å². The number of aromatic nitrogens is 2. The zero-order valence-electron chi connectivity index (χ0n) is 8.10. The summed E-state index contributed by atoms with van der Waals surface area (Å²) in [6.07, 6.45) is 1.98. The van der Waals surface area contributed by atoms with Gasteiger partial charge in [-0.2, -0.15) is 0 Å².